The van der Waals surface area contributed by atoms with Gasteiger partial charge < -0.3 is 5.32 Å². The van der Waals surface area contributed by atoms with Crippen molar-refractivity contribution in [3.63, 3.8) is 0 Å². The highest BCUT2D eigenvalue weighted by molar-refractivity contribution is 5.29. The van der Waals surface area contributed by atoms with Crippen molar-refractivity contribution in [3.05, 3.63) is 48.0 Å². The van der Waals surface area contributed by atoms with Crippen LogP contribution < -0.4 is 5.32 Å². The van der Waals surface area contributed by atoms with Gasteiger partial charge in [0, 0.05) is 26.2 Å². The number of nitrogens with zero attached hydrogens (tertiary/aromatic N) is 1. The molecule has 1 saturated heterocycles. The van der Waals surface area contributed by atoms with Gasteiger partial charge in [-0.15, -0.1) is 6.58 Å². The highest BCUT2D eigenvalue weighted by atomic mass is 15.2. The van der Waals surface area contributed by atoms with E-state index in [1.807, 2.05) is 0 Å². The van der Waals surface area contributed by atoms with Gasteiger partial charge in [-0.1, -0.05) is 44.2 Å². The largest absolute Gasteiger partial charge is 0.314 e. The summed E-state index contributed by atoms with van der Waals surface area (Å²) < 4.78 is 0. The Hall–Kier alpha value is -1.12. The van der Waals surface area contributed by atoms with Crippen molar-refractivity contribution < 1.29 is 0 Å². The molecule has 0 aliphatic carbocycles. The lowest BCUT2D eigenvalue weighted by atomic mass is 9.98. The number of piperazine rings is 1. The van der Waals surface area contributed by atoms with Gasteiger partial charge in [0.15, 0.2) is 0 Å². The number of benzene rings is 1. The molecule has 1 aliphatic rings. The molecule has 1 fully saturated rings. The summed E-state index contributed by atoms with van der Waals surface area (Å²) in [6.45, 7) is 12.8. The molecule has 1 aliphatic heterocycles. The van der Waals surface area contributed by atoms with E-state index in [1.165, 1.54) is 11.1 Å². The van der Waals surface area contributed by atoms with E-state index in [2.05, 4.69) is 61.0 Å². The third-order valence-electron chi connectivity index (χ3n) is 3.71. The van der Waals surface area contributed by atoms with Gasteiger partial charge in [0.05, 0.1) is 6.04 Å². The van der Waals surface area contributed by atoms with E-state index >= 15 is 0 Å². The van der Waals surface area contributed by atoms with Crippen molar-refractivity contribution in [2.24, 2.45) is 0 Å². The number of hydrogen-bond donors (Lipinski definition) is 1. The zero-order valence-electron chi connectivity index (χ0n) is 11.5. The van der Waals surface area contributed by atoms with Crippen LogP contribution in [0.25, 0.3) is 0 Å². The number of nitrogens with one attached hydrogen (secondary N) is 1. The van der Waals surface area contributed by atoms with Gasteiger partial charge in [0.1, 0.15) is 0 Å². The summed E-state index contributed by atoms with van der Waals surface area (Å²) in [4.78, 5) is 2.49. The molecule has 0 unspecified atom stereocenters. The Morgan fingerprint density at radius 2 is 1.67 bits per heavy atom. The van der Waals surface area contributed by atoms with Crippen molar-refractivity contribution in [1.29, 1.82) is 0 Å². The molecule has 0 radical (unpaired) electrons. The molecule has 0 saturated carbocycles. The lowest BCUT2D eigenvalue weighted by Gasteiger charge is -2.33. The first kappa shape index (κ1) is 13.3. The minimum absolute atomic E-state index is 0.355. The first-order valence-electron chi connectivity index (χ1n) is 6.89. The highest BCUT2D eigenvalue weighted by Gasteiger charge is 2.19. The molecule has 2 rings (SSSR count). The molecule has 1 aromatic rings. The molecule has 0 amide bonds. The predicted molar refractivity (Wildman–Crippen MR) is 77.9 cm³/mol. The number of hydrogen-bond acceptors (Lipinski definition) is 2. The third kappa shape index (κ3) is 3.01. The molecule has 0 bridgehead atoms. The molecule has 98 valence electrons. The van der Waals surface area contributed by atoms with Gasteiger partial charge in [-0.3, -0.25) is 4.90 Å². The monoisotopic (exact) mass is 244 g/mol. The molecule has 0 aromatic heterocycles. The molecular formula is C16H24N2. The highest BCUT2D eigenvalue weighted by Crippen LogP contribution is 2.24. The first-order chi connectivity index (χ1) is 8.72. The molecule has 18 heavy (non-hydrogen) atoms. The summed E-state index contributed by atoms with van der Waals surface area (Å²) >= 11 is 0. The van der Waals surface area contributed by atoms with Gasteiger partial charge in [-0.05, 0) is 17.0 Å². The van der Waals surface area contributed by atoms with E-state index in [4.69, 9.17) is 0 Å². The minimum atomic E-state index is 0.355. The Balaban J connectivity index is 2.13. The predicted octanol–water partition coefficient (Wildman–Crippen LogP) is 2.94. The second kappa shape index (κ2) is 6.17. The fourth-order valence-corrected chi connectivity index (χ4v) is 2.53. The molecular weight excluding hydrogens is 220 g/mol. The van der Waals surface area contributed by atoms with Gasteiger partial charge in [0.2, 0.25) is 0 Å². The molecule has 1 N–H and O–H groups in total. The van der Waals surface area contributed by atoms with E-state index < -0.39 is 0 Å². The fourth-order valence-electron chi connectivity index (χ4n) is 2.53. The topological polar surface area (TPSA) is 15.3 Å². The minimum Gasteiger partial charge on any atom is -0.314 e. The van der Waals surface area contributed by atoms with E-state index in [0.717, 1.165) is 26.2 Å². The Bertz CT molecular complexity index is 375. The van der Waals surface area contributed by atoms with E-state index in [-0.39, 0.29) is 0 Å². The van der Waals surface area contributed by atoms with Crippen LogP contribution >= 0.6 is 0 Å². The molecule has 1 atom stereocenters. The van der Waals surface area contributed by atoms with Crippen LogP contribution in [0.5, 0.6) is 0 Å². The van der Waals surface area contributed by atoms with Crippen LogP contribution in [0.15, 0.2) is 36.9 Å². The Kier molecular flexibility index (Phi) is 4.56. The summed E-state index contributed by atoms with van der Waals surface area (Å²) in [6, 6.07) is 9.36. The van der Waals surface area contributed by atoms with Crippen LogP contribution in [0.3, 0.4) is 0 Å². The average molecular weight is 244 g/mol. The van der Waals surface area contributed by atoms with Crippen LogP contribution in [0.4, 0.5) is 0 Å². The quantitative estimate of drug-likeness (QED) is 0.819. The van der Waals surface area contributed by atoms with Crippen molar-refractivity contribution in [2.45, 2.75) is 25.8 Å². The maximum absolute atomic E-state index is 4.01. The second-order valence-electron chi connectivity index (χ2n) is 5.29. The van der Waals surface area contributed by atoms with Gasteiger partial charge >= 0.3 is 0 Å². The summed E-state index contributed by atoms with van der Waals surface area (Å²) in [5.41, 5.74) is 2.76. The van der Waals surface area contributed by atoms with Crippen LogP contribution in [-0.2, 0) is 0 Å². The third-order valence-corrected chi connectivity index (χ3v) is 3.71. The molecule has 0 spiro atoms. The standard InChI is InChI=1S/C16H24N2/c1-4-16(18-11-9-17-10-12-18)15-7-5-14(6-8-15)13(2)3/h4-8,13,16-17H,1,9-12H2,2-3H3/t16-/m0/s1. The maximum Gasteiger partial charge on any atom is 0.0529 e. The lowest BCUT2D eigenvalue weighted by molar-refractivity contribution is 0.203. The second-order valence-corrected chi connectivity index (χ2v) is 5.29. The van der Waals surface area contributed by atoms with Crippen LogP contribution in [0.1, 0.15) is 36.9 Å². The molecule has 2 heteroatoms. The van der Waals surface area contributed by atoms with Gasteiger partial charge in [0.25, 0.3) is 0 Å². The zero-order valence-corrected chi connectivity index (χ0v) is 11.5. The number of rotatable bonds is 4. The van der Waals surface area contributed by atoms with E-state index in [9.17, 15) is 0 Å². The normalized spacial score (nSPS) is 18.8. The van der Waals surface area contributed by atoms with Gasteiger partial charge in [-0.2, -0.15) is 0 Å². The summed E-state index contributed by atoms with van der Waals surface area (Å²) in [6.07, 6.45) is 2.07. The Morgan fingerprint density at radius 3 is 2.17 bits per heavy atom. The summed E-state index contributed by atoms with van der Waals surface area (Å²) in [7, 11) is 0. The zero-order chi connectivity index (χ0) is 13.0. The van der Waals surface area contributed by atoms with Crippen LogP contribution in [0.2, 0.25) is 0 Å². The van der Waals surface area contributed by atoms with E-state index in [1.54, 1.807) is 0 Å². The van der Waals surface area contributed by atoms with E-state index in [0.29, 0.717) is 12.0 Å². The molecule has 1 aromatic carbocycles. The van der Waals surface area contributed by atoms with Crippen molar-refractivity contribution >= 4 is 0 Å². The van der Waals surface area contributed by atoms with Crippen molar-refractivity contribution in [2.75, 3.05) is 26.2 Å². The lowest BCUT2D eigenvalue weighted by Crippen LogP contribution is -2.44. The average Bonchev–Trinajstić information content (AvgIpc) is 2.41. The van der Waals surface area contributed by atoms with Crippen molar-refractivity contribution in [3.8, 4) is 0 Å². The van der Waals surface area contributed by atoms with Crippen LogP contribution in [0, 0.1) is 0 Å². The van der Waals surface area contributed by atoms with Crippen molar-refractivity contribution in [1.82, 2.24) is 10.2 Å². The Labute approximate surface area is 111 Å². The van der Waals surface area contributed by atoms with Crippen LogP contribution in [-0.4, -0.2) is 31.1 Å². The maximum atomic E-state index is 4.01. The molecule has 1 heterocycles. The Morgan fingerprint density at radius 1 is 1.11 bits per heavy atom. The smallest absolute Gasteiger partial charge is 0.0529 e. The SMILES string of the molecule is C=C[C@@H](c1ccc(C(C)C)cc1)N1CCNCC1. The summed E-state index contributed by atoms with van der Waals surface area (Å²) in [5.74, 6) is 0.598. The summed E-state index contributed by atoms with van der Waals surface area (Å²) in [5, 5.41) is 3.39. The fraction of sp³-hybridized carbons (Fsp3) is 0.500. The molecule has 2 nitrogen and oxygen atoms in total. The van der Waals surface area contributed by atoms with Gasteiger partial charge in [-0.25, -0.2) is 0 Å². The first-order valence-corrected chi connectivity index (χ1v) is 6.89.